The van der Waals surface area contributed by atoms with E-state index in [-0.39, 0.29) is 0 Å². The van der Waals surface area contributed by atoms with Crippen molar-refractivity contribution in [3.8, 4) is 0 Å². The molecule has 0 saturated carbocycles. The van der Waals surface area contributed by atoms with E-state index in [9.17, 15) is 0 Å². The smallest absolute Gasteiger partial charge is 0.0544 e. The molecule has 11 heavy (non-hydrogen) atoms. The fourth-order valence-electron chi connectivity index (χ4n) is 0.776. The van der Waals surface area contributed by atoms with Gasteiger partial charge in [0.05, 0.1) is 6.10 Å². The Balaban J connectivity index is 2.89. The van der Waals surface area contributed by atoms with Gasteiger partial charge in [-0.3, -0.25) is 0 Å². The van der Waals surface area contributed by atoms with Crippen LogP contribution in [0.3, 0.4) is 0 Å². The summed E-state index contributed by atoms with van der Waals surface area (Å²) in [5.74, 6) is 0.781. The van der Waals surface area contributed by atoms with Crippen molar-refractivity contribution < 1.29 is 4.74 Å². The second-order valence-electron chi connectivity index (χ2n) is 2.84. The van der Waals surface area contributed by atoms with Gasteiger partial charge in [-0.05, 0) is 32.6 Å². The van der Waals surface area contributed by atoms with Gasteiger partial charge in [-0.15, -0.1) is 11.6 Å². The molecular formula is C9H19ClO. The van der Waals surface area contributed by atoms with Crippen molar-refractivity contribution in [3.63, 3.8) is 0 Å². The highest BCUT2D eigenvalue weighted by Crippen LogP contribution is 2.01. The summed E-state index contributed by atoms with van der Waals surface area (Å²) in [5.41, 5.74) is 0. The highest BCUT2D eigenvalue weighted by atomic mass is 35.5. The number of halogens is 1. The molecule has 0 radical (unpaired) electrons. The van der Waals surface area contributed by atoms with Crippen LogP contribution in [0, 0.1) is 0 Å². The fraction of sp³-hybridized carbons (Fsp3) is 1.00. The van der Waals surface area contributed by atoms with Crippen LogP contribution in [-0.4, -0.2) is 18.6 Å². The number of hydrogen-bond acceptors (Lipinski definition) is 1. The molecule has 2 heteroatoms. The molecule has 0 aliphatic carbocycles. The molecule has 0 rings (SSSR count). The summed E-state index contributed by atoms with van der Waals surface area (Å²) in [6.45, 7) is 5.15. The van der Waals surface area contributed by atoms with Gasteiger partial charge < -0.3 is 4.74 Å². The monoisotopic (exact) mass is 178 g/mol. The van der Waals surface area contributed by atoms with E-state index < -0.39 is 0 Å². The molecule has 0 aromatic rings. The average Bonchev–Trinajstić information content (AvgIpc) is 2.04. The van der Waals surface area contributed by atoms with Gasteiger partial charge in [0.1, 0.15) is 0 Å². The van der Waals surface area contributed by atoms with Crippen molar-refractivity contribution in [2.75, 3.05) is 12.5 Å². The lowest BCUT2D eigenvalue weighted by Gasteiger charge is -2.09. The van der Waals surface area contributed by atoms with E-state index in [1.165, 1.54) is 6.42 Å². The van der Waals surface area contributed by atoms with E-state index in [4.69, 9.17) is 16.3 Å². The molecule has 1 unspecified atom stereocenters. The lowest BCUT2D eigenvalue weighted by molar-refractivity contribution is 0.0610. The van der Waals surface area contributed by atoms with Crippen LogP contribution in [0.25, 0.3) is 0 Å². The van der Waals surface area contributed by atoms with Gasteiger partial charge in [0.2, 0.25) is 0 Å². The van der Waals surface area contributed by atoms with Crippen LogP contribution in [0.5, 0.6) is 0 Å². The second kappa shape index (κ2) is 8.35. The van der Waals surface area contributed by atoms with Gasteiger partial charge in [0.15, 0.2) is 0 Å². The van der Waals surface area contributed by atoms with E-state index >= 15 is 0 Å². The highest BCUT2D eigenvalue weighted by molar-refractivity contribution is 6.17. The number of rotatable bonds is 7. The molecule has 0 amide bonds. The van der Waals surface area contributed by atoms with E-state index in [1.807, 2.05) is 0 Å². The van der Waals surface area contributed by atoms with Crippen LogP contribution in [0.4, 0.5) is 0 Å². The first kappa shape index (κ1) is 11.2. The van der Waals surface area contributed by atoms with Crippen LogP contribution in [0.1, 0.15) is 39.5 Å². The van der Waals surface area contributed by atoms with Gasteiger partial charge in [-0.1, -0.05) is 6.92 Å². The van der Waals surface area contributed by atoms with Gasteiger partial charge in [-0.2, -0.15) is 0 Å². The van der Waals surface area contributed by atoms with E-state index in [1.54, 1.807) is 0 Å². The van der Waals surface area contributed by atoms with Gasteiger partial charge in [-0.25, -0.2) is 0 Å². The maximum absolute atomic E-state index is 5.53. The first-order valence-corrected chi connectivity index (χ1v) is 5.02. The summed E-state index contributed by atoms with van der Waals surface area (Å²) in [7, 11) is 0. The Morgan fingerprint density at radius 2 is 2.00 bits per heavy atom. The van der Waals surface area contributed by atoms with E-state index in [0.717, 1.165) is 31.7 Å². The summed E-state index contributed by atoms with van der Waals surface area (Å²) in [6, 6.07) is 0. The zero-order chi connectivity index (χ0) is 8.53. The molecule has 0 saturated heterocycles. The molecule has 0 heterocycles. The summed E-state index contributed by atoms with van der Waals surface area (Å²) < 4.78 is 5.49. The maximum atomic E-state index is 5.53. The molecule has 0 N–H and O–H groups in total. The summed E-state index contributed by atoms with van der Waals surface area (Å²) in [5, 5.41) is 0. The molecule has 0 aromatic carbocycles. The lowest BCUT2D eigenvalue weighted by Crippen LogP contribution is -2.07. The largest absolute Gasteiger partial charge is 0.379 e. The van der Waals surface area contributed by atoms with Crippen molar-refractivity contribution in [2.24, 2.45) is 0 Å². The minimum atomic E-state index is 0.422. The minimum absolute atomic E-state index is 0.422. The third-order valence-electron chi connectivity index (χ3n) is 1.76. The number of hydrogen-bond donors (Lipinski definition) is 0. The van der Waals surface area contributed by atoms with Crippen LogP contribution in [-0.2, 0) is 4.74 Å². The third-order valence-corrected chi connectivity index (χ3v) is 2.02. The first-order chi connectivity index (χ1) is 5.31. The van der Waals surface area contributed by atoms with Gasteiger partial charge in [0, 0.05) is 12.5 Å². The molecule has 0 spiro atoms. The predicted octanol–water partition coefficient (Wildman–Crippen LogP) is 3.21. The maximum Gasteiger partial charge on any atom is 0.0544 e. The topological polar surface area (TPSA) is 9.23 Å². The Bertz CT molecular complexity index is 76.0. The molecular weight excluding hydrogens is 160 g/mol. The fourth-order valence-corrected chi connectivity index (χ4v) is 0.965. The Kier molecular flexibility index (Phi) is 8.54. The lowest BCUT2D eigenvalue weighted by atomic mass is 10.2. The molecule has 1 nitrogen and oxygen atoms in total. The van der Waals surface area contributed by atoms with Gasteiger partial charge >= 0.3 is 0 Å². The predicted molar refractivity (Wildman–Crippen MR) is 50.3 cm³/mol. The van der Waals surface area contributed by atoms with Crippen molar-refractivity contribution in [3.05, 3.63) is 0 Å². The van der Waals surface area contributed by atoms with E-state index in [2.05, 4.69) is 13.8 Å². The first-order valence-electron chi connectivity index (χ1n) is 4.48. The second-order valence-corrected chi connectivity index (χ2v) is 3.22. The molecule has 0 aliphatic rings. The number of alkyl halides is 1. The van der Waals surface area contributed by atoms with Crippen molar-refractivity contribution in [1.29, 1.82) is 0 Å². The standard InChI is InChI=1S/C9H19ClO/c1-3-9(2)11-8-6-4-5-7-10/h9H,3-8H2,1-2H3. The third kappa shape index (κ3) is 8.15. The molecule has 0 aliphatic heterocycles. The van der Waals surface area contributed by atoms with Crippen LogP contribution < -0.4 is 0 Å². The minimum Gasteiger partial charge on any atom is -0.379 e. The van der Waals surface area contributed by atoms with Crippen LogP contribution in [0.2, 0.25) is 0 Å². The quantitative estimate of drug-likeness (QED) is 0.430. The molecule has 0 aromatic heterocycles. The normalized spacial score (nSPS) is 13.4. The summed E-state index contributed by atoms with van der Waals surface area (Å²) in [6.07, 6.45) is 4.99. The molecule has 0 fully saturated rings. The highest BCUT2D eigenvalue weighted by Gasteiger charge is 1.96. The Morgan fingerprint density at radius 1 is 1.27 bits per heavy atom. The molecule has 68 valence electrons. The number of ether oxygens (including phenoxy) is 1. The number of unbranched alkanes of at least 4 members (excludes halogenated alkanes) is 2. The average molecular weight is 179 g/mol. The van der Waals surface area contributed by atoms with Gasteiger partial charge in [0.25, 0.3) is 0 Å². The molecule has 1 atom stereocenters. The summed E-state index contributed by atoms with van der Waals surface area (Å²) in [4.78, 5) is 0. The Labute approximate surface area is 75.1 Å². The SMILES string of the molecule is CCC(C)OCCCCCCl. The summed E-state index contributed by atoms with van der Waals surface area (Å²) >= 11 is 5.53. The zero-order valence-electron chi connectivity index (χ0n) is 7.61. The van der Waals surface area contributed by atoms with Crippen molar-refractivity contribution in [2.45, 2.75) is 45.6 Å². The van der Waals surface area contributed by atoms with E-state index in [0.29, 0.717) is 6.10 Å². The molecule has 0 bridgehead atoms. The Morgan fingerprint density at radius 3 is 2.55 bits per heavy atom. The van der Waals surface area contributed by atoms with Crippen LogP contribution in [0.15, 0.2) is 0 Å². The van der Waals surface area contributed by atoms with Crippen molar-refractivity contribution >= 4 is 11.6 Å². The zero-order valence-corrected chi connectivity index (χ0v) is 8.36. The Hall–Kier alpha value is 0.250. The van der Waals surface area contributed by atoms with Crippen LogP contribution >= 0.6 is 11.6 Å². The van der Waals surface area contributed by atoms with Crippen molar-refractivity contribution in [1.82, 2.24) is 0 Å².